The quantitative estimate of drug-likeness (QED) is 0.403. The predicted octanol–water partition coefficient (Wildman–Crippen LogP) is 3.74. The van der Waals surface area contributed by atoms with Gasteiger partial charge in [-0.25, -0.2) is 9.18 Å². The molecule has 1 aliphatic heterocycles. The molecule has 4 aromatic rings. The van der Waals surface area contributed by atoms with Gasteiger partial charge in [0.25, 0.3) is 5.56 Å². The maximum atomic E-state index is 15.2. The standard InChI is InChI=1S/C28H26FN3O3/c29-23-18-26(32-17-16-25(33)31-27(32)34)35-24(23)19-30-28(20-10-4-1-5-11-20,21-12-6-2-7-13-21)22-14-8-3-9-15-22/h1-17,23-24,26,30H,18-19H2,(H,31,33,34)/t23-,24-,26-/m1/s1. The molecule has 7 heteroatoms. The number of hydrogen-bond donors (Lipinski definition) is 2. The number of halogens is 1. The topological polar surface area (TPSA) is 76.1 Å². The first-order valence-corrected chi connectivity index (χ1v) is 11.6. The molecule has 6 nitrogen and oxygen atoms in total. The van der Waals surface area contributed by atoms with E-state index in [4.69, 9.17) is 4.74 Å². The summed E-state index contributed by atoms with van der Waals surface area (Å²) in [5, 5.41) is 3.64. The average Bonchev–Trinajstić information content (AvgIpc) is 3.26. The van der Waals surface area contributed by atoms with E-state index in [-0.39, 0.29) is 13.0 Å². The van der Waals surface area contributed by atoms with Crippen LogP contribution in [-0.2, 0) is 10.3 Å². The zero-order valence-corrected chi connectivity index (χ0v) is 19.0. The number of rotatable bonds is 7. The van der Waals surface area contributed by atoms with Gasteiger partial charge >= 0.3 is 5.69 Å². The Bertz CT molecular complexity index is 1280. The van der Waals surface area contributed by atoms with Crippen molar-refractivity contribution in [1.29, 1.82) is 0 Å². The minimum absolute atomic E-state index is 0.0211. The van der Waals surface area contributed by atoms with E-state index in [1.54, 1.807) is 0 Å². The number of aromatic nitrogens is 2. The van der Waals surface area contributed by atoms with Crippen LogP contribution < -0.4 is 16.6 Å². The Kier molecular flexibility index (Phi) is 6.44. The summed E-state index contributed by atoms with van der Waals surface area (Å²) in [6, 6.07) is 31.4. The van der Waals surface area contributed by atoms with Crippen molar-refractivity contribution in [1.82, 2.24) is 14.9 Å². The van der Waals surface area contributed by atoms with Crippen LogP contribution in [0.1, 0.15) is 29.3 Å². The fourth-order valence-corrected chi connectivity index (χ4v) is 4.82. The van der Waals surface area contributed by atoms with Gasteiger partial charge in [0.05, 0.1) is 5.54 Å². The van der Waals surface area contributed by atoms with Gasteiger partial charge in [-0.15, -0.1) is 0 Å². The molecular formula is C28H26FN3O3. The lowest BCUT2D eigenvalue weighted by Crippen LogP contribution is -2.48. The molecule has 0 amide bonds. The highest BCUT2D eigenvalue weighted by molar-refractivity contribution is 5.49. The van der Waals surface area contributed by atoms with Crippen molar-refractivity contribution < 1.29 is 9.13 Å². The Hall–Kier alpha value is -3.81. The summed E-state index contributed by atoms with van der Waals surface area (Å²) in [5.41, 5.74) is 1.17. The van der Waals surface area contributed by atoms with Crippen molar-refractivity contribution >= 4 is 0 Å². The first-order chi connectivity index (χ1) is 17.1. The third kappa shape index (κ3) is 4.48. The first-order valence-electron chi connectivity index (χ1n) is 11.6. The molecule has 0 bridgehead atoms. The molecule has 1 fully saturated rings. The van der Waals surface area contributed by atoms with Crippen molar-refractivity contribution in [2.75, 3.05) is 6.54 Å². The second kappa shape index (κ2) is 9.82. The lowest BCUT2D eigenvalue weighted by molar-refractivity contribution is -0.0113. The molecule has 0 spiro atoms. The van der Waals surface area contributed by atoms with Gasteiger partial charge in [0.1, 0.15) is 18.5 Å². The molecule has 5 rings (SSSR count). The normalized spacial score (nSPS) is 20.1. The van der Waals surface area contributed by atoms with E-state index in [2.05, 4.69) is 46.7 Å². The molecule has 1 aromatic heterocycles. The van der Waals surface area contributed by atoms with Crippen LogP contribution in [0.25, 0.3) is 0 Å². The van der Waals surface area contributed by atoms with Gasteiger partial charge in [0.15, 0.2) is 0 Å². The van der Waals surface area contributed by atoms with Crippen molar-refractivity contribution in [3.63, 3.8) is 0 Å². The van der Waals surface area contributed by atoms with E-state index >= 15 is 4.39 Å². The summed E-state index contributed by atoms with van der Waals surface area (Å²) in [6.07, 6.45) is -1.49. The van der Waals surface area contributed by atoms with E-state index in [0.717, 1.165) is 16.7 Å². The van der Waals surface area contributed by atoms with E-state index in [1.807, 2.05) is 54.6 Å². The molecule has 0 unspecified atom stereocenters. The Morgan fingerprint density at radius 2 is 1.37 bits per heavy atom. The summed E-state index contributed by atoms with van der Waals surface area (Å²) >= 11 is 0. The van der Waals surface area contributed by atoms with Gasteiger partial charge in [0.2, 0.25) is 0 Å². The number of benzene rings is 3. The highest BCUT2D eigenvalue weighted by Gasteiger charge is 2.41. The molecule has 35 heavy (non-hydrogen) atoms. The SMILES string of the molecule is O=c1ccn([C@H]2C[C@@H](F)[C@@H](CNC(c3ccccc3)(c3ccccc3)c3ccccc3)O2)c(=O)[nH]1. The molecule has 0 aliphatic carbocycles. The Morgan fingerprint density at radius 1 is 0.857 bits per heavy atom. The minimum atomic E-state index is -1.29. The molecule has 178 valence electrons. The second-order valence-corrected chi connectivity index (χ2v) is 8.63. The third-order valence-corrected chi connectivity index (χ3v) is 6.51. The molecule has 2 N–H and O–H groups in total. The summed E-state index contributed by atoms with van der Waals surface area (Å²) < 4.78 is 22.4. The number of H-pyrrole nitrogens is 1. The minimum Gasteiger partial charge on any atom is -0.350 e. The maximum absolute atomic E-state index is 15.2. The van der Waals surface area contributed by atoms with Crippen molar-refractivity contribution in [2.45, 2.75) is 30.5 Å². The fourth-order valence-electron chi connectivity index (χ4n) is 4.82. The Labute approximate surface area is 202 Å². The predicted molar refractivity (Wildman–Crippen MR) is 132 cm³/mol. The van der Waals surface area contributed by atoms with Gasteiger partial charge in [-0.1, -0.05) is 91.0 Å². The maximum Gasteiger partial charge on any atom is 0.330 e. The van der Waals surface area contributed by atoms with Gasteiger partial charge < -0.3 is 4.74 Å². The molecule has 0 radical (unpaired) electrons. The highest BCUT2D eigenvalue weighted by atomic mass is 19.1. The largest absolute Gasteiger partial charge is 0.350 e. The van der Waals surface area contributed by atoms with Crippen molar-refractivity contribution in [3.05, 3.63) is 141 Å². The third-order valence-electron chi connectivity index (χ3n) is 6.51. The highest BCUT2D eigenvalue weighted by Crippen LogP contribution is 2.38. The first kappa shape index (κ1) is 23.0. The van der Waals surface area contributed by atoms with Gasteiger partial charge in [-0.3, -0.25) is 19.7 Å². The second-order valence-electron chi connectivity index (χ2n) is 8.63. The van der Waals surface area contributed by atoms with E-state index in [0.29, 0.717) is 0 Å². The molecule has 3 atom stereocenters. The number of alkyl halides is 1. The van der Waals surface area contributed by atoms with Crippen LogP contribution in [0.15, 0.2) is 113 Å². The molecule has 3 aromatic carbocycles. The smallest absolute Gasteiger partial charge is 0.330 e. The van der Waals surface area contributed by atoms with Gasteiger partial charge in [-0.2, -0.15) is 0 Å². The number of hydrogen-bond acceptors (Lipinski definition) is 4. The van der Waals surface area contributed by atoms with E-state index in [1.165, 1.54) is 16.8 Å². The van der Waals surface area contributed by atoms with Crippen LogP contribution in [0.5, 0.6) is 0 Å². The summed E-state index contributed by atoms with van der Waals surface area (Å²) in [6.45, 7) is 0.203. The lowest BCUT2D eigenvalue weighted by Gasteiger charge is -2.38. The Morgan fingerprint density at radius 3 is 1.86 bits per heavy atom. The molecular weight excluding hydrogens is 445 g/mol. The zero-order valence-electron chi connectivity index (χ0n) is 19.0. The zero-order chi connectivity index (χ0) is 24.3. The number of nitrogens with zero attached hydrogens (tertiary/aromatic N) is 1. The van der Waals surface area contributed by atoms with Crippen molar-refractivity contribution in [3.8, 4) is 0 Å². The summed E-state index contributed by atoms with van der Waals surface area (Å²) in [7, 11) is 0. The fraction of sp³-hybridized carbons (Fsp3) is 0.214. The molecule has 1 aliphatic rings. The monoisotopic (exact) mass is 471 g/mol. The van der Waals surface area contributed by atoms with Crippen LogP contribution in [0.2, 0.25) is 0 Å². The summed E-state index contributed by atoms with van der Waals surface area (Å²) in [4.78, 5) is 25.8. The van der Waals surface area contributed by atoms with Gasteiger partial charge in [-0.05, 0) is 16.7 Å². The lowest BCUT2D eigenvalue weighted by atomic mass is 9.77. The van der Waals surface area contributed by atoms with Crippen molar-refractivity contribution in [2.24, 2.45) is 0 Å². The van der Waals surface area contributed by atoms with Crippen LogP contribution in [0, 0.1) is 0 Å². The number of nitrogens with one attached hydrogen (secondary N) is 2. The van der Waals surface area contributed by atoms with E-state index < -0.39 is 35.3 Å². The number of aromatic amines is 1. The van der Waals surface area contributed by atoms with Crippen LogP contribution >= 0.6 is 0 Å². The van der Waals surface area contributed by atoms with Gasteiger partial charge in [0, 0.05) is 25.2 Å². The summed E-state index contributed by atoms with van der Waals surface area (Å²) in [5.74, 6) is 0. The molecule has 1 saturated heterocycles. The van der Waals surface area contributed by atoms with Crippen LogP contribution in [0.4, 0.5) is 4.39 Å². The molecule has 0 saturated carbocycles. The van der Waals surface area contributed by atoms with Crippen LogP contribution in [0.3, 0.4) is 0 Å². The molecule has 2 heterocycles. The number of ether oxygens (including phenoxy) is 1. The average molecular weight is 472 g/mol. The Balaban J connectivity index is 1.50. The van der Waals surface area contributed by atoms with E-state index in [9.17, 15) is 9.59 Å². The van der Waals surface area contributed by atoms with Crippen LogP contribution in [-0.4, -0.2) is 28.4 Å².